The average Bonchev–Trinajstić information content (AvgIpc) is 2.84. The number of carbonyl (C=O) groups excluding carboxylic acids is 1. The molecule has 9 heteroatoms. The minimum absolute atomic E-state index is 0.161. The molecule has 0 aliphatic carbocycles. The summed E-state index contributed by atoms with van der Waals surface area (Å²) in [5.74, 6) is -0.229. The van der Waals surface area contributed by atoms with Crippen LogP contribution in [0.5, 0.6) is 0 Å². The second-order valence-corrected chi connectivity index (χ2v) is 8.46. The van der Waals surface area contributed by atoms with Crippen LogP contribution < -0.4 is 16.0 Å². The van der Waals surface area contributed by atoms with E-state index in [0.717, 1.165) is 47.7 Å². The molecular weight excluding hydrogens is 484 g/mol. The molecule has 3 N–H and O–H groups in total. The van der Waals surface area contributed by atoms with Crippen LogP contribution in [0.1, 0.15) is 10.5 Å². The highest BCUT2D eigenvalue weighted by molar-refractivity contribution is 9.10. The van der Waals surface area contributed by atoms with Gasteiger partial charge in [-0.25, -0.2) is 9.97 Å². The van der Waals surface area contributed by atoms with Gasteiger partial charge in [0.2, 0.25) is 5.95 Å². The zero-order valence-corrected chi connectivity index (χ0v) is 19.2. The average molecular weight is 505 g/mol. The number of anilines is 3. The molecule has 2 aromatic carbocycles. The molecule has 4 aromatic rings. The second kappa shape index (κ2) is 9.13. The van der Waals surface area contributed by atoms with Crippen LogP contribution in [-0.4, -0.2) is 47.2 Å². The summed E-state index contributed by atoms with van der Waals surface area (Å²) in [6.07, 6.45) is 1.69. The molecule has 1 aliphatic rings. The Morgan fingerprint density at radius 3 is 2.52 bits per heavy atom. The van der Waals surface area contributed by atoms with Crippen molar-refractivity contribution in [3.05, 3.63) is 71.0 Å². The number of ether oxygens (including phenoxy) is 1. The number of aromatic nitrogens is 3. The predicted octanol–water partition coefficient (Wildman–Crippen LogP) is 4.13. The van der Waals surface area contributed by atoms with Crippen LogP contribution in [0.2, 0.25) is 0 Å². The molecule has 0 bridgehead atoms. The topological polar surface area (TPSA) is 106 Å². The monoisotopic (exact) mass is 504 g/mol. The highest BCUT2D eigenvalue weighted by Gasteiger charge is 2.17. The quantitative estimate of drug-likeness (QED) is 0.420. The molecular formula is C24H21BrN6O2. The van der Waals surface area contributed by atoms with Crippen molar-refractivity contribution in [2.45, 2.75) is 0 Å². The number of nitrogens with one attached hydrogen (secondary N) is 1. The predicted molar refractivity (Wildman–Crippen MR) is 132 cm³/mol. The lowest BCUT2D eigenvalue weighted by atomic mass is 10.0. The fourth-order valence-electron chi connectivity index (χ4n) is 3.80. The molecule has 2 aromatic heterocycles. The van der Waals surface area contributed by atoms with Crippen LogP contribution in [0.25, 0.3) is 22.2 Å². The van der Waals surface area contributed by atoms with Crippen LogP contribution in [0.15, 0.2) is 65.3 Å². The minimum Gasteiger partial charge on any atom is -0.378 e. The molecule has 5 rings (SSSR count). The Morgan fingerprint density at radius 2 is 1.79 bits per heavy atom. The van der Waals surface area contributed by atoms with Crippen LogP contribution in [0, 0.1) is 0 Å². The molecule has 3 heterocycles. The SMILES string of the molecule is NC(=O)c1nc2nc(Nc3ccc(N4CCOCC4)cc3)ncc2cc1-c1ccccc1Br. The van der Waals surface area contributed by atoms with Gasteiger partial charge in [-0.1, -0.05) is 34.1 Å². The highest BCUT2D eigenvalue weighted by Crippen LogP contribution is 2.32. The van der Waals surface area contributed by atoms with Crippen molar-refractivity contribution in [3.8, 4) is 11.1 Å². The second-order valence-electron chi connectivity index (χ2n) is 7.61. The minimum atomic E-state index is -0.616. The Labute approximate surface area is 198 Å². The van der Waals surface area contributed by atoms with E-state index in [0.29, 0.717) is 22.5 Å². The summed E-state index contributed by atoms with van der Waals surface area (Å²) in [5.41, 5.74) is 9.65. The lowest BCUT2D eigenvalue weighted by Gasteiger charge is -2.28. The molecule has 1 saturated heterocycles. The van der Waals surface area contributed by atoms with Gasteiger partial charge in [0.25, 0.3) is 5.91 Å². The zero-order chi connectivity index (χ0) is 22.8. The first-order valence-corrected chi connectivity index (χ1v) is 11.3. The number of benzene rings is 2. The first-order chi connectivity index (χ1) is 16.1. The Kier molecular flexibility index (Phi) is 5.89. The zero-order valence-electron chi connectivity index (χ0n) is 17.7. The third kappa shape index (κ3) is 4.50. The van der Waals surface area contributed by atoms with Crippen LogP contribution in [-0.2, 0) is 4.74 Å². The summed E-state index contributed by atoms with van der Waals surface area (Å²) in [6.45, 7) is 3.26. The number of amides is 1. The lowest BCUT2D eigenvalue weighted by molar-refractivity contribution is 0.0996. The van der Waals surface area contributed by atoms with Crippen molar-refractivity contribution in [2.75, 3.05) is 36.5 Å². The van der Waals surface area contributed by atoms with Crippen molar-refractivity contribution >= 4 is 50.2 Å². The number of fused-ring (bicyclic) bond motifs is 1. The number of nitrogens with two attached hydrogens (primary N) is 1. The maximum atomic E-state index is 12.2. The van der Waals surface area contributed by atoms with E-state index in [1.807, 2.05) is 42.5 Å². The van der Waals surface area contributed by atoms with Crippen LogP contribution >= 0.6 is 15.9 Å². The third-order valence-electron chi connectivity index (χ3n) is 5.47. The third-order valence-corrected chi connectivity index (χ3v) is 6.16. The van der Waals surface area contributed by atoms with Gasteiger partial charge >= 0.3 is 0 Å². The van der Waals surface area contributed by atoms with Crippen molar-refractivity contribution in [2.24, 2.45) is 5.73 Å². The summed E-state index contributed by atoms with van der Waals surface area (Å²) in [5, 5.41) is 3.91. The molecule has 1 amide bonds. The number of primary amides is 1. The number of pyridine rings is 1. The summed E-state index contributed by atoms with van der Waals surface area (Å²) >= 11 is 3.53. The Balaban J connectivity index is 1.44. The van der Waals surface area contributed by atoms with E-state index in [1.165, 1.54) is 0 Å². The molecule has 8 nitrogen and oxygen atoms in total. The van der Waals surface area contributed by atoms with E-state index in [-0.39, 0.29) is 5.69 Å². The molecule has 0 spiro atoms. The number of hydrogen-bond acceptors (Lipinski definition) is 7. The van der Waals surface area contributed by atoms with E-state index >= 15 is 0 Å². The van der Waals surface area contributed by atoms with Crippen molar-refractivity contribution in [1.29, 1.82) is 0 Å². The van der Waals surface area contributed by atoms with E-state index < -0.39 is 5.91 Å². The fourth-order valence-corrected chi connectivity index (χ4v) is 4.30. The largest absolute Gasteiger partial charge is 0.378 e. The molecule has 0 unspecified atom stereocenters. The van der Waals surface area contributed by atoms with Gasteiger partial charge in [0, 0.05) is 46.1 Å². The first kappa shape index (κ1) is 21.3. The maximum absolute atomic E-state index is 12.2. The van der Waals surface area contributed by atoms with E-state index in [1.54, 1.807) is 6.20 Å². The van der Waals surface area contributed by atoms with Gasteiger partial charge in [-0.2, -0.15) is 4.98 Å². The first-order valence-electron chi connectivity index (χ1n) is 10.5. The van der Waals surface area contributed by atoms with Crippen LogP contribution in [0.4, 0.5) is 17.3 Å². The summed E-state index contributed by atoms with van der Waals surface area (Å²) in [6, 6.07) is 17.5. The number of morpholine rings is 1. The maximum Gasteiger partial charge on any atom is 0.268 e. The Morgan fingerprint density at radius 1 is 1.03 bits per heavy atom. The van der Waals surface area contributed by atoms with Gasteiger partial charge in [-0.15, -0.1) is 0 Å². The molecule has 1 aliphatic heterocycles. The number of nitrogens with zero attached hydrogens (tertiary/aromatic N) is 4. The Hall–Kier alpha value is -3.56. The van der Waals surface area contributed by atoms with Crippen molar-refractivity contribution in [3.63, 3.8) is 0 Å². The molecule has 0 radical (unpaired) electrons. The number of halogens is 1. The van der Waals surface area contributed by atoms with E-state index in [9.17, 15) is 4.79 Å². The normalized spacial score (nSPS) is 13.8. The lowest BCUT2D eigenvalue weighted by Crippen LogP contribution is -2.36. The van der Waals surface area contributed by atoms with Gasteiger partial charge in [0.05, 0.1) is 13.2 Å². The summed E-state index contributed by atoms with van der Waals surface area (Å²) in [7, 11) is 0. The van der Waals surface area contributed by atoms with E-state index in [2.05, 4.69) is 53.2 Å². The van der Waals surface area contributed by atoms with Crippen LogP contribution in [0.3, 0.4) is 0 Å². The number of hydrogen-bond donors (Lipinski definition) is 2. The van der Waals surface area contributed by atoms with Gasteiger partial charge in [0.1, 0.15) is 5.69 Å². The number of carbonyl (C=O) groups is 1. The van der Waals surface area contributed by atoms with E-state index in [4.69, 9.17) is 10.5 Å². The molecule has 0 saturated carbocycles. The van der Waals surface area contributed by atoms with Gasteiger partial charge in [-0.05, 0) is 42.0 Å². The van der Waals surface area contributed by atoms with Crippen molar-refractivity contribution in [1.82, 2.24) is 15.0 Å². The molecule has 166 valence electrons. The van der Waals surface area contributed by atoms with Gasteiger partial charge < -0.3 is 20.7 Å². The molecule has 0 atom stereocenters. The standard InChI is InChI=1S/C24H21BrN6O2/c25-20-4-2-1-3-18(20)19-13-15-14-27-24(30-23(15)29-21(19)22(26)32)28-16-5-7-17(8-6-16)31-9-11-33-12-10-31/h1-8,13-14H,9-12H2,(H2,26,32)(H,27,28,29,30). The Bertz CT molecular complexity index is 1320. The van der Waals surface area contributed by atoms with Gasteiger partial charge in [-0.3, -0.25) is 4.79 Å². The van der Waals surface area contributed by atoms with Crippen molar-refractivity contribution < 1.29 is 9.53 Å². The van der Waals surface area contributed by atoms with Gasteiger partial charge in [0.15, 0.2) is 5.65 Å². The summed E-state index contributed by atoms with van der Waals surface area (Å²) < 4.78 is 6.25. The molecule has 33 heavy (non-hydrogen) atoms. The summed E-state index contributed by atoms with van der Waals surface area (Å²) in [4.78, 5) is 27.8. The molecule has 1 fully saturated rings. The smallest absolute Gasteiger partial charge is 0.268 e. The highest BCUT2D eigenvalue weighted by atomic mass is 79.9. The number of rotatable bonds is 5. The fraction of sp³-hybridized carbons (Fsp3) is 0.167.